The highest BCUT2D eigenvalue weighted by Gasteiger charge is 2.11. The first-order chi connectivity index (χ1) is 11.5. The minimum absolute atomic E-state index is 0.0177. The highest BCUT2D eigenvalue weighted by Crippen LogP contribution is 2.24. The smallest absolute Gasteiger partial charge is 0.240 e. The summed E-state index contributed by atoms with van der Waals surface area (Å²) < 4.78 is 2.43. The number of carbonyl (C=O) groups excluding carboxylic acids is 2. The van der Waals surface area contributed by atoms with Gasteiger partial charge in [0.1, 0.15) is 6.54 Å². The Bertz CT molecular complexity index is 763. The predicted molar refractivity (Wildman–Crippen MR) is 99.6 cm³/mol. The molecule has 2 rings (SSSR count). The van der Waals surface area contributed by atoms with Gasteiger partial charge >= 0.3 is 0 Å². The van der Waals surface area contributed by atoms with Gasteiger partial charge in [0.05, 0.1) is 12.2 Å². The number of aromatic nitrogens is 1. The third-order valence-electron chi connectivity index (χ3n) is 3.45. The number of nitrogens with zero attached hydrogens (tertiary/aromatic N) is 1. The number of thiazole rings is 1. The quantitative estimate of drug-likeness (QED) is 0.744. The molecule has 0 aliphatic carbocycles. The van der Waals surface area contributed by atoms with Gasteiger partial charge in [-0.05, 0) is 31.1 Å². The van der Waals surface area contributed by atoms with Gasteiger partial charge in [0.15, 0.2) is 3.95 Å². The molecular formula is C17H21N3O2S2. The standard InChI is InChI=1S/C17H21N3O2S2/c1-3-8-18-15(21)9-19-16(22)10-20-14(11-24-17(20)23)13-6-4-12(2)5-7-13/h4-7,11H,3,8-10H2,1-2H3,(H,18,21)(H,19,22). The maximum Gasteiger partial charge on any atom is 0.240 e. The molecule has 0 aliphatic rings. The number of benzene rings is 1. The Balaban J connectivity index is 2.03. The Labute approximate surface area is 150 Å². The Morgan fingerprint density at radius 1 is 1.17 bits per heavy atom. The molecule has 1 aromatic heterocycles. The fourth-order valence-corrected chi connectivity index (χ4v) is 3.21. The van der Waals surface area contributed by atoms with Gasteiger partial charge in [0, 0.05) is 11.9 Å². The van der Waals surface area contributed by atoms with Crippen LogP contribution >= 0.6 is 23.6 Å². The molecule has 5 nitrogen and oxygen atoms in total. The Kier molecular flexibility index (Phi) is 6.69. The molecule has 0 radical (unpaired) electrons. The van der Waals surface area contributed by atoms with Crippen LogP contribution in [0.3, 0.4) is 0 Å². The van der Waals surface area contributed by atoms with Crippen LogP contribution in [0.1, 0.15) is 18.9 Å². The maximum absolute atomic E-state index is 12.1. The first-order valence-electron chi connectivity index (χ1n) is 7.80. The van der Waals surface area contributed by atoms with Crippen molar-refractivity contribution in [1.82, 2.24) is 15.2 Å². The minimum Gasteiger partial charge on any atom is -0.355 e. The Hall–Kier alpha value is -1.99. The molecule has 0 saturated heterocycles. The lowest BCUT2D eigenvalue weighted by atomic mass is 10.1. The van der Waals surface area contributed by atoms with Crippen molar-refractivity contribution >= 4 is 35.4 Å². The van der Waals surface area contributed by atoms with Crippen LogP contribution < -0.4 is 10.6 Å². The van der Waals surface area contributed by atoms with E-state index >= 15 is 0 Å². The third kappa shape index (κ3) is 5.01. The second kappa shape index (κ2) is 8.75. The molecule has 0 unspecified atom stereocenters. The van der Waals surface area contributed by atoms with Crippen LogP contribution in [0.2, 0.25) is 0 Å². The SMILES string of the molecule is CCCNC(=O)CNC(=O)Cn1c(-c2ccc(C)cc2)csc1=S. The molecule has 0 spiro atoms. The fraction of sp³-hybridized carbons (Fsp3) is 0.353. The van der Waals surface area contributed by atoms with Gasteiger partial charge in [0.25, 0.3) is 0 Å². The van der Waals surface area contributed by atoms with Crippen molar-refractivity contribution in [3.8, 4) is 11.3 Å². The molecule has 1 heterocycles. The fourth-order valence-electron chi connectivity index (χ4n) is 2.14. The van der Waals surface area contributed by atoms with Crippen molar-refractivity contribution in [2.24, 2.45) is 0 Å². The molecule has 0 fully saturated rings. The average Bonchev–Trinajstić information content (AvgIpc) is 2.92. The summed E-state index contributed by atoms with van der Waals surface area (Å²) in [6.45, 7) is 4.70. The molecule has 7 heteroatoms. The zero-order valence-electron chi connectivity index (χ0n) is 13.8. The third-order valence-corrected chi connectivity index (χ3v) is 4.72. The lowest BCUT2D eigenvalue weighted by Crippen LogP contribution is -2.38. The van der Waals surface area contributed by atoms with Crippen LogP contribution in [0, 0.1) is 10.9 Å². The first-order valence-corrected chi connectivity index (χ1v) is 9.08. The lowest BCUT2D eigenvalue weighted by Gasteiger charge is -2.10. The van der Waals surface area contributed by atoms with Crippen LogP contribution in [-0.2, 0) is 16.1 Å². The molecule has 0 bridgehead atoms. The summed E-state index contributed by atoms with van der Waals surface area (Å²) in [6.07, 6.45) is 0.865. The number of rotatable bonds is 7. The number of carbonyl (C=O) groups is 2. The van der Waals surface area contributed by atoms with E-state index in [0.29, 0.717) is 10.5 Å². The van der Waals surface area contributed by atoms with E-state index in [1.54, 1.807) is 4.57 Å². The molecule has 128 valence electrons. The first kappa shape index (κ1) is 18.4. The topological polar surface area (TPSA) is 63.1 Å². The summed E-state index contributed by atoms with van der Waals surface area (Å²) in [6, 6.07) is 8.08. The van der Waals surface area contributed by atoms with E-state index in [2.05, 4.69) is 10.6 Å². The van der Waals surface area contributed by atoms with E-state index in [1.807, 2.05) is 43.5 Å². The average molecular weight is 364 g/mol. The number of hydrogen-bond donors (Lipinski definition) is 2. The van der Waals surface area contributed by atoms with E-state index in [1.165, 1.54) is 16.9 Å². The number of amides is 2. The summed E-state index contributed by atoms with van der Waals surface area (Å²) in [4.78, 5) is 23.7. The van der Waals surface area contributed by atoms with E-state index < -0.39 is 0 Å². The van der Waals surface area contributed by atoms with Crippen molar-refractivity contribution in [2.45, 2.75) is 26.8 Å². The van der Waals surface area contributed by atoms with Crippen molar-refractivity contribution in [2.75, 3.05) is 13.1 Å². The van der Waals surface area contributed by atoms with Crippen molar-refractivity contribution in [1.29, 1.82) is 0 Å². The second-order valence-corrected chi connectivity index (χ2v) is 6.97. The van der Waals surface area contributed by atoms with Gasteiger partial charge in [-0.2, -0.15) is 0 Å². The highest BCUT2D eigenvalue weighted by molar-refractivity contribution is 7.73. The van der Waals surface area contributed by atoms with Crippen LogP contribution in [0.25, 0.3) is 11.3 Å². The van der Waals surface area contributed by atoms with Gasteiger partial charge in [-0.1, -0.05) is 36.8 Å². The zero-order chi connectivity index (χ0) is 17.5. The van der Waals surface area contributed by atoms with Gasteiger partial charge in [-0.25, -0.2) is 0 Å². The van der Waals surface area contributed by atoms with Crippen molar-refractivity contribution < 1.29 is 9.59 Å². The molecular weight excluding hydrogens is 342 g/mol. The van der Waals surface area contributed by atoms with E-state index in [9.17, 15) is 9.59 Å². The monoisotopic (exact) mass is 363 g/mol. The molecule has 0 aliphatic heterocycles. The molecule has 2 amide bonds. The van der Waals surface area contributed by atoms with Crippen LogP contribution in [0.4, 0.5) is 0 Å². The van der Waals surface area contributed by atoms with Gasteiger partial charge in [-0.15, -0.1) is 11.3 Å². The molecule has 2 aromatic rings. The summed E-state index contributed by atoms with van der Waals surface area (Å²) in [7, 11) is 0. The number of hydrogen-bond acceptors (Lipinski definition) is 4. The van der Waals surface area contributed by atoms with Gasteiger partial charge < -0.3 is 15.2 Å². The lowest BCUT2D eigenvalue weighted by molar-refractivity contribution is -0.126. The second-order valence-electron chi connectivity index (χ2n) is 5.47. The Morgan fingerprint density at radius 2 is 1.88 bits per heavy atom. The van der Waals surface area contributed by atoms with Crippen molar-refractivity contribution in [3.63, 3.8) is 0 Å². The van der Waals surface area contributed by atoms with E-state index in [-0.39, 0.29) is 24.9 Å². The summed E-state index contributed by atoms with van der Waals surface area (Å²) in [5, 5.41) is 7.31. The maximum atomic E-state index is 12.1. The predicted octanol–water partition coefficient (Wildman–Crippen LogP) is 2.90. The van der Waals surface area contributed by atoms with Gasteiger partial charge in [-0.3, -0.25) is 9.59 Å². The number of nitrogens with one attached hydrogen (secondary N) is 2. The van der Waals surface area contributed by atoms with Crippen LogP contribution in [0.15, 0.2) is 29.6 Å². The molecule has 0 atom stereocenters. The minimum atomic E-state index is -0.232. The van der Waals surface area contributed by atoms with E-state index in [0.717, 1.165) is 17.7 Å². The molecule has 0 saturated carbocycles. The summed E-state index contributed by atoms with van der Waals surface area (Å²) in [5.74, 6) is -0.414. The molecule has 1 aromatic carbocycles. The summed E-state index contributed by atoms with van der Waals surface area (Å²) in [5.41, 5.74) is 3.10. The van der Waals surface area contributed by atoms with Crippen LogP contribution in [0.5, 0.6) is 0 Å². The molecule has 2 N–H and O–H groups in total. The Morgan fingerprint density at radius 3 is 2.54 bits per heavy atom. The van der Waals surface area contributed by atoms with Gasteiger partial charge in [0.2, 0.25) is 11.8 Å². The zero-order valence-corrected chi connectivity index (χ0v) is 15.4. The highest BCUT2D eigenvalue weighted by atomic mass is 32.1. The van der Waals surface area contributed by atoms with Crippen molar-refractivity contribution in [3.05, 3.63) is 39.2 Å². The largest absolute Gasteiger partial charge is 0.355 e. The van der Waals surface area contributed by atoms with Crippen LogP contribution in [-0.4, -0.2) is 29.5 Å². The normalized spacial score (nSPS) is 10.4. The summed E-state index contributed by atoms with van der Waals surface area (Å²) >= 11 is 6.76. The van der Waals surface area contributed by atoms with E-state index in [4.69, 9.17) is 12.2 Å². The number of aryl methyl sites for hydroxylation is 1. The molecule has 24 heavy (non-hydrogen) atoms.